The van der Waals surface area contributed by atoms with Crippen LogP contribution in [0, 0.1) is 10.1 Å². The number of anilines is 1. The van der Waals surface area contributed by atoms with Crippen LogP contribution in [0.25, 0.3) is 0 Å². The van der Waals surface area contributed by atoms with Gasteiger partial charge in [0.05, 0.1) is 24.7 Å². The SMILES string of the molecule is CCOc1cccc(NN2CCOCC2)c1[N+](=O)[O-]. The maximum atomic E-state index is 11.2. The van der Waals surface area contributed by atoms with E-state index >= 15 is 0 Å². The van der Waals surface area contributed by atoms with E-state index in [1.165, 1.54) is 0 Å². The smallest absolute Gasteiger partial charge is 0.335 e. The van der Waals surface area contributed by atoms with Gasteiger partial charge in [0.15, 0.2) is 5.75 Å². The van der Waals surface area contributed by atoms with Crippen molar-refractivity contribution in [2.45, 2.75) is 6.92 Å². The number of hydrazine groups is 1. The first-order chi connectivity index (χ1) is 9.22. The maximum absolute atomic E-state index is 11.2. The van der Waals surface area contributed by atoms with E-state index in [2.05, 4.69) is 5.43 Å². The average molecular weight is 267 g/mol. The predicted octanol–water partition coefficient (Wildman–Crippen LogP) is 1.65. The van der Waals surface area contributed by atoms with Crippen molar-refractivity contribution in [3.63, 3.8) is 0 Å². The van der Waals surface area contributed by atoms with E-state index in [0.717, 1.165) is 0 Å². The second kappa shape index (κ2) is 6.35. The van der Waals surface area contributed by atoms with E-state index in [1.807, 2.05) is 5.01 Å². The molecule has 0 spiro atoms. The first kappa shape index (κ1) is 13.6. The molecule has 1 aromatic carbocycles. The molecule has 0 bridgehead atoms. The van der Waals surface area contributed by atoms with Crippen LogP contribution in [0.3, 0.4) is 0 Å². The van der Waals surface area contributed by atoms with Crippen LogP contribution in [0.15, 0.2) is 18.2 Å². The Hall–Kier alpha value is -1.86. The lowest BCUT2D eigenvalue weighted by Crippen LogP contribution is -2.40. The Morgan fingerprint density at radius 3 is 2.84 bits per heavy atom. The third-order valence-electron chi connectivity index (χ3n) is 2.77. The molecular weight excluding hydrogens is 250 g/mol. The zero-order valence-corrected chi connectivity index (χ0v) is 10.8. The van der Waals surface area contributed by atoms with Crippen LogP contribution < -0.4 is 10.2 Å². The lowest BCUT2D eigenvalue weighted by atomic mass is 10.2. The number of nitrogens with one attached hydrogen (secondary N) is 1. The number of rotatable bonds is 5. The number of benzene rings is 1. The van der Waals surface area contributed by atoms with Crippen LogP contribution in [0.1, 0.15) is 6.92 Å². The Balaban J connectivity index is 2.22. The Morgan fingerprint density at radius 2 is 2.21 bits per heavy atom. The number of morpholine rings is 1. The average Bonchev–Trinajstić information content (AvgIpc) is 2.40. The molecule has 1 aliphatic heterocycles. The predicted molar refractivity (Wildman–Crippen MR) is 70.3 cm³/mol. The van der Waals surface area contributed by atoms with Gasteiger partial charge in [0.2, 0.25) is 0 Å². The van der Waals surface area contributed by atoms with Crippen LogP contribution in [-0.4, -0.2) is 42.8 Å². The lowest BCUT2D eigenvalue weighted by molar-refractivity contribution is -0.385. The molecule has 1 heterocycles. The van der Waals surface area contributed by atoms with Crippen molar-refractivity contribution in [2.75, 3.05) is 38.3 Å². The molecular formula is C12H17N3O4. The number of hydrogen-bond acceptors (Lipinski definition) is 6. The van der Waals surface area contributed by atoms with E-state index in [1.54, 1.807) is 25.1 Å². The van der Waals surface area contributed by atoms with Gasteiger partial charge >= 0.3 is 5.69 Å². The van der Waals surface area contributed by atoms with E-state index in [9.17, 15) is 10.1 Å². The monoisotopic (exact) mass is 267 g/mol. The quantitative estimate of drug-likeness (QED) is 0.645. The summed E-state index contributed by atoms with van der Waals surface area (Å²) in [5.74, 6) is 0.283. The fourth-order valence-corrected chi connectivity index (χ4v) is 1.92. The van der Waals surface area contributed by atoms with Crippen molar-refractivity contribution in [1.29, 1.82) is 0 Å². The molecule has 0 amide bonds. The summed E-state index contributed by atoms with van der Waals surface area (Å²) >= 11 is 0. The van der Waals surface area contributed by atoms with Gasteiger partial charge in [-0.15, -0.1) is 0 Å². The molecule has 104 valence electrons. The summed E-state index contributed by atoms with van der Waals surface area (Å²) < 4.78 is 10.5. The third-order valence-corrected chi connectivity index (χ3v) is 2.77. The summed E-state index contributed by atoms with van der Waals surface area (Å²) in [7, 11) is 0. The summed E-state index contributed by atoms with van der Waals surface area (Å²) in [6, 6.07) is 5.02. The Labute approximate surface area is 111 Å². The fourth-order valence-electron chi connectivity index (χ4n) is 1.92. The van der Waals surface area contributed by atoms with Crippen LogP contribution in [0.2, 0.25) is 0 Å². The first-order valence-corrected chi connectivity index (χ1v) is 6.22. The molecule has 19 heavy (non-hydrogen) atoms. The van der Waals surface area contributed by atoms with Gasteiger partial charge in [-0.3, -0.25) is 10.1 Å². The molecule has 1 aromatic rings. The molecule has 2 rings (SSSR count). The molecule has 0 aliphatic carbocycles. The van der Waals surface area contributed by atoms with Crippen molar-refractivity contribution in [2.24, 2.45) is 0 Å². The Bertz CT molecular complexity index is 447. The normalized spacial score (nSPS) is 16.1. The van der Waals surface area contributed by atoms with Crippen molar-refractivity contribution in [1.82, 2.24) is 5.01 Å². The number of nitro groups is 1. The number of para-hydroxylation sites is 1. The third kappa shape index (κ3) is 3.33. The largest absolute Gasteiger partial charge is 0.487 e. The van der Waals surface area contributed by atoms with Gasteiger partial charge < -0.3 is 14.9 Å². The molecule has 7 heteroatoms. The van der Waals surface area contributed by atoms with E-state index in [4.69, 9.17) is 9.47 Å². The minimum Gasteiger partial charge on any atom is -0.487 e. The van der Waals surface area contributed by atoms with Crippen LogP contribution in [0.4, 0.5) is 11.4 Å². The molecule has 0 saturated carbocycles. The molecule has 0 aromatic heterocycles. The highest BCUT2D eigenvalue weighted by Crippen LogP contribution is 2.35. The van der Waals surface area contributed by atoms with Crippen LogP contribution in [0.5, 0.6) is 5.75 Å². The van der Waals surface area contributed by atoms with E-state index in [-0.39, 0.29) is 11.4 Å². The summed E-state index contributed by atoms with van der Waals surface area (Å²) in [6.07, 6.45) is 0. The number of nitro benzene ring substituents is 1. The minimum atomic E-state index is -0.423. The summed E-state index contributed by atoms with van der Waals surface area (Å²) in [6.45, 7) is 4.80. The van der Waals surface area contributed by atoms with Gasteiger partial charge in [-0.2, -0.15) is 0 Å². The molecule has 0 radical (unpaired) electrons. The fraction of sp³-hybridized carbons (Fsp3) is 0.500. The standard InChI is InChI=1S/C12H17N3O4/c1-2-19-11-5-3-4-10(12(11)15(16)17)13-14-6-8-18-9-7-14/h3-5,13H,2,6-9H2,1H3. The molecule has 0 unspecified atom stereocenters. The summed E-state index contributed by atoms with van der Waals surface area (Å²) in [4.78, 5) is 10.8. The molecule has 1 saturated heterocycles. The van der Waals surface area contributed by atoms with Gasteiger partial charge in [-0.25, -0.2) is 5.01 Å². The zero-order valence-electron chi connectivity index (χ0n) is 10.8. The molecule has 0 atom stereocenters. The van der Waals surface area contributed by atoms with Crippen LogP contribution >= 0.6 is 0 Å². The van der Waals surface area contributed by atoms with Gasteiger partial charge in [-0.05, 0) is 19.1 Å². The van der Waals surface area contributed by atoms with Gasteiger partial charge in [0.1, 0.15) is 5.69 Å². The van der Waals surface area contributed by atoms with Crippen LogP contribution in [-0.2, 0) is 4.74 Å². The van der Waals surface area contributed by atoms with Gasteiger partial charge in [-0.1, -0.05) is 6.07 Å². The topological polar surface area (TPSA) is 76.9 Å². The molecule has 7 nitrogen and oxygen atoms in total. The van der Waals surface area contributed by atoms with Crippen molar-refractivity contribution in [3.05, 3.63) is 28.3 Å². The summed E-state index contributed by atoms with van der Waals surface area (Å²) in [5.41, 5.74) is 3.47. The maximum Gasteiger partial charge on any atom is 0.335 e. The lowest BCUT2D eigenvalue weighted by Gasteiger charge is -2.27. The highest BCUT2D eigenvalue weighted by Gasteiger charge is 2.22. The summed E-state index contributed by atoms with van der Waals surface area (Å²) in [5, 5.41) is 13.1. The number of nitrogens with zero attached hydrogens (tertiary/aromatic N) is 2. The molecule has 1 N–H and O–H groups in total. The molecule has 1 fully saturated rings. The van der Waals surface area contributed by atoms with Crippen molar-refractivity contribution >= 4 is 11.4 Å². The van der Waals surface area contributed by atoms with Crippen molar-refractivity contribution < 1.29 is 14.4 Å². The number of hydrogen-bond donors (Lipinski definition) is 1. The van der Waals surface area contributed by atoms with E-state index in [0.29, 0.717) is 38.6 Å². The Morgan fingerprint density at radius 1 is 1.47 bits per heavy atom. The Kier molecular flexibility index (Phi) is 4.53. The molecule has 1 aliphatic rings. The highest BCUT2D eigenvalue weighted by molar-refractivity contribution is 5.68. The second-order valence-electron chi connectivity index (χ2n) is 4.05. The van der Waals surface area contributed by atoms with E-state index < -0.39 is 4.92 Å². The van der Waals surface area contributed by atoms with Gasteiger partial charge in [0, 0.05) is 13.1 Å². The second-order valence-corrected chi connectivity index (χ2v) is 4.05. The van der Waals surface area contributed by atoms with Crippen molar-refractivity contribution in [3.8, 4) is 5.75 Å². The zero-order chi connectivity index (χ0) is 13.7. The number of ether oxygens (including phenoxy) is 2. The first-order valence-electron chi connectivity index (χ1n) is 6.22. The minimum absolute atomic E-state index is 0.0316. The highest BCUT2D eigenvalue weighted by atomic mass is 16.6. The van der Waals surface area contributed by atoms with Gasteiger partial charge in [0.25, 0.3) is 0 Å².